The van der Waals surface area contributed by atoms with E-state index in [1.165, 1.54) is 3.57 Å². The molecule has 2 rings (SSSR count). The zero-order valence-corrected chi connectivity index (χ0v) is 15.5. The fourth-order valence-corrected chi connectivity index (χ4v) is 3.40. The third-order valence-electron chi connectivity index (χ3n) is 3.78. The highest BCUT2D eigenvalue weighted by Gasteiger charge is 2.24. The molecule has 21 heavy (non-hydrogen) atoms. The third kappa shape index (κ3) is 5.75. The van der Waals surface area contributed by atoms with Gasteiger partial charge in [-0.25, -0.2) is 0 Å². The molecule has 0 saturated carbocycles. The fraction of sp³-hybridized carbons (Fsp3) is 0.562. The summed E-state index contributed by atoms with van der Waals surface area (Å²) in [5.74, 6) is 0.278. The highest BCUT2D eigenvalue weighted by atomic mass is 127. The summed E-state index contributed by atoms with van der Waals surface area (Å²) in [5, 5.41) is 3.37. The second-order valence-electron chi connectivity index (χ2n) is 5.38. The number of nitrogens with one attached hydrogen (secondary N) is 1. The zero-order valence-electron chi connectivity index (χ0n) is 12.5. The summed E-state index contributed by atoms with van der Waals surface area (Å²) in [6, 6.07) is 8.66. The molecule has 0 bridgehead atoms. The maximum Gasteiger partial charge on any atom is 0.227 e. The molecule has 0 atom stereocenters. The quantitative estimate of drug-likeness (QED) is 0.739. The Morgan fingerprint density at radius 2 is 2.10 bits per heavy atom. The minimum Gasteiger partial charge on any atom is -0.339 e. The van der Waals surface area contributed by atoms with Gasteiger partial charge in [0.25, 0.3) is 0 Å². The van der Waals surface area contributed by atoms with Crippen molar-refractivity contribution in [2.24, 2.45) is 0 Å². The number of benzene rings is 1. The molecule has 1 fully saturated rings. The summed E-state index contributed by atoms with van der Waals surface area (Å²) < 4.78 is 1.19. The molecule has 0 unspecified atom stereocenters. The molecule has 1 N–H and O–H groups in total. The molecule has 0 aromatic heterocycles. The molecule has 5 heteroatoms. The van der Waals surface area contributed by atoms with E-state index in [0.717, 1.165) is 44.5 Å². The van der Waals surface area contributed by atoms with Crippen molar-refractivity contribution in [2.75, 3.05) is 19.6 Å². The zero-order chi connectivity index (χ0) is 14.4. The predicted octanol–water partition coefficient (Wildman–Crippen LogP) is 3.25. The Morgan fingerprint density at radius 3 is 2.71 bits per heavy atom. The van der Waals surface area contributed by atoms with Gasteiger partial charge in [0.15, 0.2) is 0 Å². The van der Waals surface area contributed by atoms with Gasteiger partial charge in [0, 0.05) is 16.2 Å². The van der Waals surface area contributed by atoms with Crippen LogP contribution < -0.4 is 5.32 Å². The Kier molecular flexibility index (Phi) is 8.59. The number of nitrogens with zero attached hydrogens (tertiary/aromatic N) is 1. The summed E-state index contributed by atoms with van der Waals surface area (Å²) in [7, 11) is 0. The number of piperidine rings is 1. The van der Waals surface area contributed by atoms with Crippen LogP contribution in [0, 0.1) is 3.57 Å². The van der Waals surface area contributed by atoms with E-state index in [0.29, 0.717) is 12.5 Å². The molecular weight excluding hydrogens is 399 g/mol. The first-order chi connectivity index (χ1) is 9.70. The summed E-state index contributed by atoms with van der Waals surface area (Å²) in [4.78, 5) is 14.7. The lowest BCUT2D eigenvalue weighted by Crippen LogP contribution is -2.47. The van der Waals surface area contributed by atoms with Gasteiger partial charge in [-0.1, -0.05) is 19.1 Å². The average molecular weight is 423 g/mol. The molecule has 0 spiro atoms. The maximum atomic E-state index is 12.6. The SMILES string of the molecule is CCCN(C(=O)Cc1cccc(I)c1)C1CCNCC1.Cl. The van der Waals surface area contributed by atoms with Crippen LogP contribution in [0.3, 0.4) is 0 Å². The second-order valence-corrected chi connectivity index (χ2v) is 6.62. The van der Waals surface area contributed by atoms with Gasteiger partial charge >= 0.3 is 0 Å². The van der Waals surface area contributed by atoms with E-state index in [9.17, 15) is 4.79 Å². The van der Waals surface area contributed by atoms with Gasteiger partial charge in [-0.3, -0.25) is 4.79 Å². The van der Waals surface area contributed by atoms with Crippen LogP contribution in [0.25, 0.3) is 0 Å². The van der Waals surface area contributed by atoms with E-state index in [1.807, 2.05) is 12.1 Å². The Hall–Kier alpha value is -0.330. The van der Waals surface area contributed by atoms with Crippen LogP contribution in [0.1, 0.15) is 31.7 Å². The Balaban J connectivity index is 0.00000220. The van der Waals surface area contributed by atoms with Gasteiger partial charge in [0.2, 0.25) is 5.91 Å². The van der Waals surface area contributed by atoms with Crippen LogP contribution in [0.15, 0.2) is 24.3 Å². The van der Waals surface area contributed by atoms with Crippen LogP contribution >= 0.6 is 35.0 Å². The van der Waals surface area contributed by atoms with Crippen LogP contribution in [-0.2, 0) is 11.2 Å². The first kappa shape index (κ1) is 18.7. The molecule has 0 aliphatic carbocycles. The van der Waals surface area contributed by atoms with Crippen LogP contribution in [0.4, 0.5) is 0 Å². The van der Waals surface area contributed by atoms with Crippen molar-refractivity contribution in [3.8, 4) is 0 Å². The molecule has 1 saturated heterocycles. The summed E-state index contributed by atoms with van der Waals surface area (Å²) >= 11 is 2.30. The molecule has 1 heterocycles. The standard InChI is InChI=1S/C16H23IN2O.ClH/c1-2-10-19(15-6-8-18-9-7-15)16(20)12-13-4-3-5-14(17)11-13;/h3-5,11,15,18H,2,6-10,12H2,1H3;1H. The number of rotatable bonds is 5. The topological polar surface area (TPSA) is 32.3 Å². The molecule has 1 aromatic rings. The van der Waals surface area contributed by atoms with Crippen LogP contribution in [0.5, 0.6) is 0 Å². The number of hydrogen-bond acceptors (Lipinski definition) is 2. The Bertz CT molecular complexity index is 450. The smallest absolute Gasteiger partial charge is 0.227 e. The molecule has 0 radical (unpaired) electrons. The molecule has 1 aliphatic rings. The lowest BCUT2D eigenvalue weighted by atomic mass is 10.0. The highest BCUT2D eigenvalue weighted by Crippen LogP contribution is 2.15. The number of carbonyl (C=O) groups is 1. The summed E-state index contributed by atoms with van der Waals surface area (Å²) in [6.07, 6.45) is 3.72. The summed E-state index contributed by atoms with van der Waals surface area (Å²) in [6.45, 7) is 5.09. The van der Waals surface area contributed by atoms with Gasteiger partial charge in [0.05, 0.1) is 6.42 Å². The Morgan fingerprint density at radius 1 is 1.38 bits per heavy atom. The predicted molar refractivity (Wildman–Crippen MR) is 98.0 cm³/mol. The van der Waals surface area contributed by atoms with E-state index in [2.05, 4.69) is 51.9 Å². The fourth-order valence-electron chi connectivity index (χ4n) is 2.79. The summed E-state index contributed by atoms with van der Waals surface area (Å²) in [5.41, 5.74) is 1.12. The Labute approximate surface area is 147 Å². The molecule has 1 aromatic carbocycles. The van der Waals surface area contributed by atoms with Crippen molar-refractivity contribution in [3.63, 3.8) is 0 Å². The average Bonchev–Trinajstić information content (AvgIpc) is 2.45. The number of hydrogen-bond donors (Lipinski definition) is 1. The molecular formula is C16H24ClIN2O. The van der Waals surface area contributed by atoms with Crippen LogP contribution in [0.2, 0.25) is 0 Å². The minimum absolute atomic E-state index is 0. The maximum absolute atomic E-state index is 12.6. The highest BCUT2D eigenvalue weighted by molar-refractivity contribution is 14.1. The number of halogens is 2. The van der Waals surface area contributed by atoms with Crippen molar-refractivity contribution < 1.29 is 4.79 Å². The monoisotopic (exact) mass is 422 g/mol. The molecule has 1 aliphatic heterocycles. The van der Waals surface area contributed by atoms with Gasteiger partial charge in [-0.15, -0.1) is 12.4 Å². The third-order valence-corrected chi connectivity index (χ3v) is 4.45. The molecule has 3 nitrogen and oxygen atoms in total. The van der Waals surface area contributed by atoms with Crippen LogP contribution in [-0.4, -0.2) is 36.5 Å². The van der Waals surface area contributed by atoms with Gasteiger partial charge in [0.1, 0.15) is 0 Å². The minimum atomic E-state index is 0. The van der Waals surface area contributed by atoms with E-state index < -0.39 is 0 Å². The van der Waals surface area contributed by atoms with Gasteiger partial charge in [-0.2, -0.15) is 0 Å². The van der Waals surface area contributed by atoms with E-state index in [1.54, 1.807) is 0 Å². The molecule has 1 amide bonds. The number of amides is 1. The lowest BCUT2D eigenvalue weighted by Gasteiger charge is -2.34. The largest absolute Gasteiger partial charge is 0.339 e. The van der Waals surface area contributed by atoms with Gasteiger partial charge < -0.3 is 10.2 Å². The van der Waals surface area contributed by atoms with Crippen molar-refractivity contribution >= 4 is 40.9 Å². The van der Waals surface area contributed by atoms with E-state index in [4.69, 9.17) is 0 Å². The van der Waals surface area contributed by atoms with Gasteiger partial charge in [-0.05, 0) is 72.6 Å². The van der Waals surface area contributed by atoms with Crippen molar-refractivity contribution in [1.29, 1.82) is 0 Å². The van der Waals surface area contributed by atoms with E-state index >= 15 is 0 Å². The first-order valence-electron chi connectivity index (χ1n) is 7.45. The number of carbonyl (C=O) groups excluding carboxylic acids is 1. The second kappa shape index (κ2) is 9.64. The van der Waals surface area contributed by atoms with Crippen molar-refractivity contribution in [1.82, 2.24) is 10.2 Å². The normalized spacial score (nSPS) is 15.3. The lowest BCUT2D eigenvalue weighted by molar-refractivity contribution is -0.133. The first-order valence-corrected chi connectivity index (χ1v) is 8.53. The molecule has 118 valence electrons. The van der Waals surface area contributed by atoms with E-state index in [-0.39, 0.29) is 18.3 Å². The van der Waals surface area contributed by atoms with Crippen molar-refractivity contribution in [3.05, 3.63) is 33.4 Å². The van der Waals surface area contributed by atoms with Crippen molar-refractivity contribution in [2.45, 2.75) is 38.6 Å².